The molecule has 3 aromatic rings. The molecular formula is C24H28Cl2N4O2. The monoisotopic (exact) mass is 474 g/mol. The van der Waals surface area contributed by atoms with Gasteiger partial charge in [0.2, 0.25) is 5.95 Å². The smallest absolute Gasteiger partial charge is 0.223 e. The van der Waals surface area contributed by atoms with E-state index < -0.39 is 0 Å². The van der Waals surface area contributed by atoms with Crippen LogP contribution in [-0.2, 0) is 0 Å². The molecule has 1 aromatic heterocycles. The maximum absolute atomic E-state index is 6.58. The van der Waals surface area contributed by atoms with Crippen LogP contribution < -0.4 is 20.5 Å². The molecule has 1 aliphatic rings. The van der Waals surface area contributed by atoms with E-state index in [1.807, 2.05) is 24.4 Å². The van der Waals surface area contributed by atoms with Crippen LogP contribution in [0.2, 0.25) is 10.0 Å². The lowest BCUT2D eigenvalue weighted by Gasteiger charge is -2.27. The van der Waals surface area contributed by atoms with Gasteiger partial charge in [0.05, 0.1) is 29.8 Å². The lowest BCUT2D eigenvalue weighted by atomic mass is 9.93. The zero-order chi connectivity index (χ0) is 22.7. The van der Waals surface area contributed by atoms with Gasteiger partial charge >= 0.3 is 0 Å². The average Bonchev–Trinajstić information content (AvgIpc) is 2.79. The molecule has 0 spiro atoms. The quantitative estimate of drug-likeness (QED) is 0.465. The number of ether oxygens (including phenoxy) is 2. The SMILES string of the molecule is COc1cc(OC)c(Cl)c(-c2ccc3nc(NC4CCCCCC[C@H]4N)ncc3c2)c1Cl. The van der Waals surface area contributed by atoms with Crippen molar-refractivity contribution in [3.05, 3.63) is 40.5 Å². The van der Waals surface area contributed by atoms with E-state index in [4.69, 9.17) is 43.4 Å². The third-order valence-electron chi connectivity index (χ3n) is 6.08. The number of fused-ring (bicyclic) bond motifs is 1. The Morgan fingerprint density at radius 1 is 0.969 bits per heavy atom. The lowest BCUT2D eigenvalue weighted by Crippen LogP contribution is -2.41. The maximum atomic E-state index is 6.58. The number of aromatic nitrogens is 2. The molecule has 0 radical (unpaired) electrons. The summed E-state index contributed by atoms with van der Waals surface area (Å²) in [6.07, 6.45) is 8.75. The van der Waals surface area contributed by atoms with Gasteiger partial charge in [-0.05, 0) is 30.5 Å². The minimum absolute atomic E-state index is 0.115. The largest absolute Gasteiger partial charge is 0.495 e. The molecule has 1 heterocycles. The van der Waals surface area contributed by atoms with Crippen molar-refractivity contribution in [3.63, 3.8) is 0 Å². The standard InChI is InChI=1S/C24H28Cl2N4O2/c1-31-19-12-20(32-2)23(26)21(22(19)25)14-9-10-17-15(11-14)13-28-24(29-17)30-18-8-6-4-3-5-7-16(18)27/h9-13,16,18H,3-8,27H2,1-2H3,(H,28,29,30)/t16-,18?/m1/s1. The van der Waals surface area contributed by atoms with E-state index in [0.717, 1.165) is 29.3 Å². The predicted molar refractivity (Wildman–Crippen MR) is 131 cm³/mol. The first kappa shape index (κ1) is 22.9. The van der Waals surface area contributed by atoms with Gasteiger partial charge in [0.1, 0.15) is 11.5 Å². The summed E-state index contributed by atoms with van der Waals surface area (Å²) < 4.78 is 10.8. The van der Waals surface area contributed by atoms with Gasteiger partial charge in [0, 0.05) is 35.3 Å². The van der Waals surface area contributed by atoms with Crippen LogP contribution in [0.1, 0.15) is 38.5 Å². The molecule has 6 nitrogen and oxygen atoms in total. The number of nitrogens with two attached hydrogens (primary N) is 1. The Morgan fingerprint density at radius 3 is 2.34 bits per heavy atom. The van der Waals surface area contributed by atoms with E-state index >= 15 is 0 Å². The molecule has 1 saturated carbocycles. The number of benzene rings is 2. The highest BCUT2D eigenvalue weighted by atomic mass is 35.5. The number of anilines is 1. The Hall–Kier alpha value is -2.28. The van der Waals surface area contributed by atoms with E-state index in [9.17, 15) is 0 Å². The molecule has 0 saturated heterocycles. The fourth-order valence-electron chi connectivity index (χ4n) is 4.26. The van der Waals surface area contributed by atoms with Gasteiger partial charge in [-0.15, -0.1) is 0 Å². The van der Waals surface area contributed by atoms with Crippen LogP contribution >= 0.6 is 23.2 Å². The molecule has 1 aliphatic carbocycles. The second-order valence-electron chi connectivity index (χ2n) is 8.16. The van der Waals surface area contributed by atoms with E-state index in [1.165, 1.54) is 25.7 Å². The Labute approximate surface area is 198 Å². The second kappa shape index (κ2) is 10.1. The highest BCUT2D eigenvalue weighted by molar-refractivity contribution is 6.41. The van der Waals surface area contributed by atoms with Crippen molar-refractivity contribution in [3.8, 4) is 22.6 Å². The maximum Gasteiger partial charge on any atom is 0.223 e. The van der Waals surface area contributed by atoms with Gasteiger partial charge in [-0.1, -0.05) is 55.0 Å². The Morgan fingerprint density at radius 2 is 1.66 bits per heavy atom. The number of hydrogen-bond acceptors (Lipinski definition) is 6. The van der Waals surface area contributed by atoms with Crippen molar-refractivity contribution in [2.24, 2.45) is 5.73 Å². The van der Waals surface area contributed by atoms with Gasteiger partial charge in [-0.25, -0.2) is 9.97 Å². The summed E-state index contributed by atoms with van der Waals surface area (Å²) in [5.74, 6) is 1.59. The Kier molecular flexibility index (Phi) is 7.23. The number of halogens is 2. The minimum atomic E-state index is 0.115. The van der Waals surface area contributed by atoms with Crippen molar-refractivity contribution >= 4 is 40.1 Å². The van der Waals surface area contributed by atoms with Crippen LogP contribution in [0, 0.1) is 0 Å². The summed E-state index contributed by atoms with van der Waals surface area (Å²) >= 11 is 13.2. The first-order valence-corrected chi connectivity index (χ1v) is 11.7. The topological polar surface area (TPSA) is 82.3 Å². The molecule has 170 valence electrons. The van der Waals surface area contributed by atoms with Crippen LogP contribution in [-0.4, -0.2) is 36.3 Å². The number of rotatable bonds is 5. The molecular weight excluding hydrogens is 447 g/mol. The zero-order valence-corrected chi connectivity index (χ0v) is 19.8. The summed E-state index contributed by atoms with van der Waals surface area (Å²) in [6, 6.07) is 7.82. The summed E-state index contributed by atoms with van der Waals surface area (Å²) in [6.45, 7) is 0. The normalized spacial score (nSPS) is 19.3. The van der Waals surface area contributed by atoms with Gasteiger partial charge in [-0.3, -0.25) is 0 Å². The second-order valence-corrected chi connectivity index (χ2v) is 8.91. The highest BCUT2D eigenvalue weighted by Gasteiger charge is 2.21. The van der Waals surface area contributed by atoms with E-state index in [0.29, 0.717) is 33.1 Å². The molecule has 1 unspecified atom stereocenters. The number of hydrogen-bond donors (Lipinski definition) is 2. The van der Waals surface area contributed by atoms with Gasteiger partial charge < -0.3 is 20.5 Å². The Bertz CT molecular complexity index is 1080. The summed E-state index contributed by atoms with van der Waals surface area (Å²) in [4.78, 5) is 9.26. The Balaban J connectivity index is 1.65. The highest BCUT2D eigenvalue weighted by Crippen LogP contribution is 2.46. The third kappa shape index (κ3) is 4.72. The van der Waals surface area contributed by atoms with Gasteiger partial charge in [0.15, 0.2) is 0 Å². The van der Waals surface area contributed by atoms with E-state index in [2.05, 4.69) is 10.3 Å². The first-order chi connectivity index (χ1) is 15.5. The van der Waals surface area contributed by atoms with Crippen LogP contribution in [0.4, 0.5) is 5.95 Å². The molecule has 3 N–H and O–H groups in total. The molecule has 0 amide bonds. The van der Waals surface area contributed by atoms with Crippen LogP contribution in [0.3, 0.4) is 0 Å². The van der Waals surface area contributed by atoms with Crippen LogP contribution in [0.5, 0.6) is 11.5 Å². The third-order valence-corrected chi connectivity index (χ3v) is 6.83. The number of methoxy groups -OCH3 is 2. The molecule has 0 aliphatic heterocycles. The first-order valence-electron chi connectivity index (χ1n) is 10.9. The van der Waals surface area contributed by atoms with Crippen LogP contribution in [0.25, 0.3) is 22.0 Å². The van der Waals surface area contributed by atoms with Crippen molar-refractivity contribution < 1.29 is 9.47 Å². The summed E-state index contributed by atoms with van der Waals surface area (Å²) in [7, 11) is 3.12. The molecule has 1 fully saturated rings. The van der Waals surface area contributed by atoms with Gasteiger partial charge in [-0.2, -0.15) is 0 Å². The van der Waals surface area contributed by atoms with E-state index in [-0.39, 0.29) is 12.1 Å². The number of nitrogens with zero attached hydrogens (tertiary/aromatic N) is 2. The molecule has 0 bridgehead atoms. The molecule has 32 heavy (non-hydrogen) atoms. The number of nitrogens with one attached hydrogen (secondary N) is 1. The lowest BCUT2D eigenvalue weighted by molar-refractivity contribution is 0.395. The molecule has 2 atom stereocenters. The predicted octanol–water partition coefficient (Wildman–Crippen LogP) is 6.08. The molecule has 8 heteroatoms. The van der Waals surface area contributed by atoms with Gasteiger partial charge in [0.25, 0.3) is 0 Å². The fraction of sp³-hybridized carbons (Fsp3) is 0.417. The fourth-order valence-corrected chi connectivity index (χ4v) is 4.97. The average molecular weight is 475 g/mol. The van der Waals surface area contributed by atoms with Crippen molar-refractivity contribution in [2.75, 3.05) is 19.5 Å². The summed E-state index contributed by atoms with van der Waals surface area (Å²) in [5.41, 5.74) is 8.71. The zero-order valence-electron chi connectivity index (χ0n) is 18.3. The minimum Gasteiger partial charge on any atom is -0.495 e. The molecule has 2 aromatic carbocycles. The van der Waals surface area contributed by atoms with E-state index in [1.54, 1.807) is 20.3 Å². The van der Waals surface area contributed by atoms with Crippen molar-refractivity contribution in [1.29, 1.82) is 0 Å². The molecule has 4 rings (SSSR count). The van der Waals surface area contributed by atoms with Crippen molar-refractivity contribution in [1.82, 2.24) is 9.97 Å². The van der Waals surface area contributed by atoms with Crippen LogP contribution in [0.15, 0.2) is 30.5 Å². The van der Waals surface area contributed by atoms with Crippen molar-refractivity contribution in [2.45, 2.75) is 50.6 Å². The summed E-state index contributed by atoms with van der Waals surface area (Å²) in [5, 5.41) is 5.19.